The van der Waals surface area contributed by atoms with Crippen molar-refractivity contribution in [1.29, 1.82) is 0 Å². The number of amides is 1. The van der Waals surface area contributed by atoms with Crippen molar-refractivity contribution in [2.24, 2.45) is 0 Å². The molecule has 0 spiro atoms. The lowest BCUT2D eigenvalue weighted by Crippen LogP contribution is -2.11. The summed E-state index contributed by atoms with van der Waals surface area (Å²) in [6, 6.07) is 15.9. The minimum Gasteiger partial charge on any atom is -0.322 e. The summed E-state index contributed by atoms with van der Waals surface area (Å²) in [6.07, 6.45) is 4.49. The van der Waals surface area contributed by atoms with Crippen LogP contribution in [0.3, 0.4) is 0 Å². The number of hydrogen-bond donors (Lipinski definition) is 1. The predicted octanol–water partition coefficient (Wildman–Crippen LogP) is 4.84. The maximum Gasteiger partial charge on any atom is 0.255 e. The fourth-order valence-electron chi connectivity index (χ4n) is 2.23. The Kier molecular flexibility index (Phi) is 5.56. The summed E-state index contributed by atoms with van der Waals surface area (Å²) in [4.78, 5) is 12.2. The fourth-order valence-corrected chi connectivity index (χ4v) is 2.23. The van der Waals surface area contributed by atoms with Gasteiger partial charge in [0.2, 0.25) is 0 Å². The van der Waals surface area contributed by atoms with Gasteiger partial charge in [-0.3, -0.25) is 4.79 Å². The zero-order chi connectivity index (χ0) is 15.1. The number of carbonyl (C=O) groups excluding carboxylic acids is 1. The molecule has 2 heteroatoms. The Morgan fingerprint density at radius 1 is 0.905 bits per heavy atom. The molecule has 0 saturated carbocycles. The first-order chi connectivity index (χ1) is 10.2. The summed E-state index contributed by atoms with van der Waals surface area (Å²) in [5.74, 6) is -0.0565. The first kappa shape index (κ1) is 15.3. The Labute approximate surface area is 127 Å². The maximum atomic E-state index is 12.2. The van der Waals surface area contributed by atoms with Gasteiger partial charge in [0, 0.05) is 11.3 Å². The molecule has 0 aromatic heterocycles. The number of rotatable bonds is 6. The topological polar surface area (TPSA) is 29.1 Å². The van der Waals surface area contributed by atoms with E-state index in [0.717, 1.165) is 18.5 Å². The van der Waals surface area contributed by atoms with Crippen molar-refractivity contribution in [1.82, 2.24) is 0 Å². The Balaban J connectivity index is 1.98. The highest BCUT2D eigenvalue weighted by Crippen LogP contribution is 2.13. The van der Waals surface area contributed by atoms with E-state index in [9.17, 15) is 4.79 Å². The third-order valence-electron chi connectivity index (χ3n) is 3.66. The van der Waals surface area contributed by atoms with E-state index in [1.54, 1.807) is 0 Å². The van der Waals surface area contributed by atoms with Crippen molar-refractivity contribution in [2.75, 3.05) is 5.32 Å². The molecule has 110 valence electrons. The lowest BCUT2D eigenvalue weighted by molar-refractivity contribution is 0.102. The highest BCUT2D eigenvalue weighted by molar-refractivity contribution is 6.04. The molecule has 1 N–H and O–H groups in total. The number of benzene rings is 2. The molecule has 0 fully saturated rings. The van der Waals surface area contributed by atoms with Crippen LogP contribution in [-0.2, 0) is 12.8 Å². The molecule has 0 saturated heterocycles. The number of unbranched alkanes of at least 4 members (excludes halogenated alkanes) is 1. The number of hydrogen-bond acceptors (Lipinski definition) is 1. The second-order valence-corrected chi connectivity index (χ2v) is 5.31. The third kappa shape index (κ3) is 4.45. The Morgan fingerprint density at radius 2 is 1.52 bits per heavy atom. The van der Waals surface area contributed by atoms with Gasteiger partial charge in [-0.1, -0.05) is 44.5 Å². The molecule has 0 unspecified atom stereocenters. The normalized spacial score (nSPS) is 10.4. The van der Waals surface area contributed by atoms with Crippen LogP contribution < -0.4 is 5.32 Å². The first-order valence-corrected chi connectivity index (χ1v) is 7.72. The van der Waals surface area contributed by atoms with Gasteiger partial charge < -0.3 is 5.32 Å². The SMILES string of the molecule is CCCCc1ccc(NC(=O)c2ccc(CC)cc2)cc1. The van der Waals surface area contributed by atoms with Crippen LogP contribution in [0.4, 0.5) is 5.69 Å². The molecule has 0 aliphatic rings. The number of nitrogens with one attached hydrogen (secondary N) is 1. The van der Waals surface area contributed by atoms with Crippen LogP contribution in [-0.4, -0.2) is 5.91 Å². The Hall–Kier alpha value is -2.09. The van der Waals surface area contributed by atoms with Crippen molar-refractivity contribution >= 4 is 11.6 Å². The lowest BCUT2D eigenvalue weighted by atomic mass is 10.1. The van der Waals surface area contributed by atoms with Crippen molar-refractivity contribution < 1.29 is 4.79 Å². The molecule has 0 bridgehead atoms. The van der Waals surface area contributed by atoms with Crippen LogP contribution in [0, 0.1) is 0 Å². The van der Waals surface area contributed by atoms with Crippen LogP contribution in [0.1, 0.15) is 48.2 Å². The van der Waals surface area contributed by atoms with E-state index in [1.165, 1.54) is 24.0 Å². The molecule has 0 atom stereocenters. The molecule has 1 amide bonds. The van der Waals surface area contributed by atoms with Gasteiger partial charge >= 0.3 is 0 Å². The van der Waals surface area contributed by atoms with Gasteiger partial charge in [-0.05, 0) is 54.7 Å². The fraction of sp³-hybridized carbons (Fsp3) is 0.316. The number of carbonyl (C=O) groups is 1. The van der Waals surface area contributed by atoms with E-state index in [4.69, 9.17) is 0 Å². The van der Waals surface area contributed by atoms with Crippen molar-refractivity contribution in [3.05, 3.63) is 65.2 Å². The smallest absolute Gasteiger partial charge is 0.255 e. The number of aryl methyl sites for hydroxylation is 2. The van der Waals surface area contributed by atoms with Crippen LogP contribution >= 0.6 is 0 Å². The third-order valence-corrected chi connectivity index (χ3v) is 3.66. The molecular weight excluding hydrogens is 258 g/mol. The molecule has 0 radical (unpaired) electrons. The molecule has 2 aromatic rings. The highest BCUT2D eigenvalue weighted by Gasteiger charge is 2.05. The maximum absolute atomic E-state index is 12.2. The molecule has 0 aliphatic carbocycles. The second kappa shape index (κ2) is 7.63. The molecule has 0 heterocycles. The molecule has 21 heavy (non-hydrogen) atoms. The van der Waals surface area contributed by atoms with E-state index < -0.39 is 0 Å². The van der Waals surface area contributed by atoms with Gasteiger partial charge in [-0.15, -0.1) is 0 Å². The molecular formula is C19H23NO. The van der Waals surface area contributed by atoms with E-state index in [2.05, 4.69) is 31.3 Å². The van der Waals surface area contributed by atoms with Crippen LogP contribution in [0.15, 0.2) is 48.5 Å². The summed E-state index contributed by atoms with van der Waals surface area (Å²) < 4.78 is 0. The molecule has 2 aromatic carbocycles. The summed E-state index contributed by atoms with van der Waals surface area (Å²) in [5.41, 5.74) is 4.11. The van der Waals surface area contributed by atoms with Gasteiger partial charge in [0.05, 0.1) is 0 Å². The summed E-state index contributed by atoms with van der Waals surface area (Å²) in [5, 5.41) is 2.94. The van der Waals surface area contributed by atoms with E-state index in [1.807, 2.05) is 36.4 Å². The largest absolute Gasteiger partial charge is 0.322 e. The van der Waals surface area contributed by atoms with Gasteiger partial charge in [0.25, 0.3) is 5.91 Å². The van der Waals surface area contributed by atoms with Crippen molar-refractivity contribution in [3.63, 3.8) is 0 Å². The number of anilines is 1. The van der Waals surface area contributed by atoms with Gasteiger partial charge in [0.15, 0.2) is 0 Å². The molecule has 2 rings (SSSR count). The monoisotopic (exact) mass is 281 g/mol. The Bertz CT molecular complexity index is 570. The van der Waals surface area contributed by atoms with Gasteiger partial charge in [-0.2, -0.15) is 0 Å². The lowest BCUT2D eigenvalue weighted by Gasteiger charge is -2.07. The average Bonchev–Trinajstić information content (AvgIpc) is 2.54. The predicted molar refractivity (Wildman–Crippen MR) is 88.8 cm³/mol. The highest BCUT2D eigenvalue weighted by atomic mass is 16.1. The standard InChI is InChI=1S/C19H23NO/c1-3-5-6-16-9-13-18(14-10-16)20-19(21)17-11-7-15(4-2)8-12-17/h7-14H,3-6H2,1-2H3,(H,20,21). The van der Waals surface area contributed by atoms with Crippen molar-refractivity contribution in [2.45, 2.75) is 39.5 Å². The zero-order valence-electron chi connectivity index (χ0n) is 12.9. The molecule has 2 nitrogen and oxygen atoms in total. The van der Waals surface area contributed by atoms with E-state index in [-0.39, 0.29) is 5.91 Å². The van der Waals surface area contributed by atoms with Crippen LogP contribution in [0.2, 0.25) is 0 Å². The Morgan fingerprint density at radius 3 is 2.10 bits per heavy atom. The molecule has 0 aliphatic heterocycles. The average molecular weight is 281 g/mol. The quantitative estimate of drug-likeness (QED) is 0.806. The minimum absolute atomic E-state index is 0.0565. The van der Waals surface area contributed by atoms with E-state index >= 15 is 0 Å². The zero-order valence-corrected chi connectivity index (χ0v) is 12.9. The van der Waals surface area contributed by atoms with Gasteiger partial charge in [-0.25, -0.2) is 0 Å². The van der Waals surface area contributed by atoms with E-state index in [0.29, 0.717) is 5.56 Å². The first-order valence-electron chi connectivity index (χ1n) is 7.72. The summed E-state index contributed by atoms with van der Waals surface area (Å²) >= 11 is 0. The van der Waals surface area contributed by atoms with Crippen molar-refractivity contribution in [3.8, 4) is 0 Å². The summed E-state index contributed by atoms with van der Waals surface area (Å²) in [7, 11) is 0. The minimum atomic E-state index is -0.0565. The van der Waals surface area contributed by atoms with Crippen LogP contribution in [0.25, 0.3) is 0 Å². The summed E-state index contributed by atoms with van der Waals surface area (Å²) in [6.45, 7) is 4.30. The second-order valence-electron chi connectivity index (χ2n) is 5.31. The van der Waals surface area contributed by atoms with Gasteiger partial charge in [0.1, 0.15) is 0 Å². The van der Waals surface area contributed by atoms with Crippen LogP contribution in [0.5, 0.6) is 0 Å².